The zero-order valence-electron chi connectivity index (χ0n) is 12.3. The molecule has 0 aliphatic heterocycles. The number of hydrogen-bond acceptors (Lipinski definition) is 6. The lowest BCUT2D eigenvalue weighted by atomic mass is 10.1. The van der Waals surface area contributed by atoms with Crippen molar-refractivity contribution in [3.05, 3.63) is 11.9 Å². The van der Waals surface area contributed by atoms with Crippen LogP contribution in [0.2, 0.25) is 0 Å². The van der Waals surface area contributed by atoms with Crippen LogP contribution in [-0.4, -0.2) is 36.3 Å². The molecule has 19 heavy (non-hydrogen) atoms. The fraction of sp³-hybridized carbons (Fsp3) is 0.692. The Kier molecular flexibility index (Phi) is 6.52. The first kappa shape index (κ1) is 15.7. The highest BCUT2D eigenvalue weighted by atomic mass is 16.5. The first-order valence-corrected chi connectivity index (χ1v) is 6.75. The lowest BCUT2D eigenvalue weighted by molar-refractivity contribution is 0.203. The van der Waals surface area contributed by atoms with Gasteiger partial charge in [0, 0.05) is 25.3 Å². The molecule has 6 nitrogen and oxygen atoms in total. The van der Waals surface area contributed by atoms with E-state index in [4.69, 9.17) is 10.6 Å². The Morgan fingerprint density at radius 1 is 1.42 bits per heavy atom. The molecule has 0 aliphatic carbocycles. The highest BCUT2D eigenvalue weighted by molar-refractivity contribution is 5.58. The molecule has 0 amide bonds. The summed E-state index contributed by atoms with van der Waals surface area (Å²) in [6, 6.07) is 0.390. The Balaban J connectivity index is 3.13. The normalized spacial score (nSPS) is 12.3. The molecule has 1 unspecified atom stereocenters. The highest BCUT2D eigenvalue weighted by Crippen LogP contribution is 2.25. The van der Waals surface area contributed by atoms with Crippen LogP contribution in [0.4, 0.5) is 11.6 Å². The molecule has 0 bridgehead atoms. The van der Waals surface area contributed by atoms with Gasteiger partial charge in [-0.15, -0.1) is 0 Å². The van der Waals surface area contributed by atoms with Gasteiger partial charge in [0.1, 0.15) is 18.0 Å². The minimum atomic E-state index is 0.390. The molecule has 1 atom stereocenters. The summed E-state index contributed by atoms with van der Waals surface area (Å²) in [7, 11) is 1.71. The molecular weight excluding hydrogens is 242 g/mol. The van der Waals surface area contributed by atoms with Gasteiger partial charge in [-0.1, -0.05) is 13.8 Å². The quantitative estimate of drug-likeness (QED) is 0.550. The molecule has 0 saturated heterocycles. The molecule has 0 saturated carbocycles. The fourth-order valence-corrected chi connectivity index (χ4v) is 2.05. The third-order valence-electron chi connectivity index (χ3n) is 3.34. The van der Waals surface area contributed by atoms with Gasteiger partial charge >= 0.3 is 0 Å². The molecule has 1 aromatic heterocycles. The lowest BCUT2D eigenvalue weighted by Crippen LogP contribution is -2.37. The van der Waals surface area contributed by atoms with Crippen molar-refractivity contribution in [2.45, 2.75) is 39.7 Å². The maximum absolute atomic E-state index is 5.52. The summed E-state index contributed by atoms with van der Waals surface area (Å²) in [5.41, 5.74) is 3.69. The van der Waals surface area contributed by atoms with Crippen LogP contribution in [0.3, 0.4) is 0 Å². The second-order valence-corrected chi connectivity index (χ2v) is 4.47. The van der Waals surface area contributed by atoms with Gasteiger partial charge in [-0.3, -0.25) is 0 Å². The summed E-state index contributed by atoms with van der Waals surface area (Å²) in [4.78, 5) is 10.9. The van der Waals surface area contributed by atoms with Gasteiger partial charge in [-0.2, -0.15) is 0 Å². The number of ether oxygens (including phenoxy) is 1. The number of rotatable bonds is 8. The second kappa shape index (κ2) is 7.91. The summed E-state index contributed by atoms with van der Waals surface area (Å²) in [6.07, 6.45) is 3.42. The Labute approximate surface area is 115 Å². The molecule has 0 radical (unpaired) electrons. The van der Waals surface area contributed by atoms with E-state index in [9.17, 15) is 0 Å². The standard InChI is InChI=1S/C13H25N5O/c1-5-10(3)18(7-8-19-4)13-11(6-2)12(17-14)15-9-16-13/h9-10H,5-8,14H2,1-4H3,(H,15,16,17). The number of nitrogens with two attached hydrogens (primary N) is 1. The first-order valence-electron chi connectivity index (χ1n) is 6.75. The molecule has 0 spiro atoms. The minimum Gasteiger partial charge on any atom is -0.383 e. The topological polar surface area (TPSA) is 76.3 Å². The molecule has 0 aromatic carbocycles. The van der Waals surface area contributed by atoms with Crippen LogP contribution in [-0.2, 0) is 11.2 Å². The summed E-state index contributed by atoms with van der Waals surface area (Å²) in [5, 5.41) is 0. The van der Waals surface area contributed by atoms with Crippen LogP contribution in [0.5, 0.6) is 0 Å². The molecule has 108 valence electrons. The number of anilines is 2. The van der Waals surface area contributed by atoms with Crippen LogP contribution in [0.15, 0.2) is 6.33 Å². The SMILES string of the molecule is CCc1c(NN)ncnc1N(CCOC)C(C)CC. The van der Waals surface area contributed by atoms with Crippen molar-refractivity contribution in [2.24, 2.45) is 5.84 Å². The van der Waals surface area contributed by atoms with Gasteiger partial charge in [0.05, 0.1) is 6.61 Å². The van der Waals surface area contributed by atoms with Crippen LogP contribution >= 0.6 is 0 Å². The van der Waals surface area contributed by atoms with E-state index < -0.39 is 0 Å². The van der Waals surface area contributed by atoms with E-state index in [-0.39, 0.29) is 0 Å². The minimum absolute atomic E-state index is 0.390. The number of nitrogens with one attached hydrogen (secondary N) is 1. The molecule has 0 fully saturated rings. The fourth-order valence-electron chi connectivity index (χ4n) is 2.05. The van der Waals surface area contributed by atoms with Crippen LogP contribution in [0, 0.1) is 0 Å². The molecule has 1 rings (SSSR count). The lowest BCUT2D eigenvalue weighted by Gasteiger charge is -2.31. The molecule has 6 heteroatoms. The summed E-state index contributed by atoms with van der Waals surface area (Å²) in [6.45, 7) is 7.91. The predicted molar refractivity (Wildman–Crippen MR) is 78.2 cm³/mol. The first-order chi connectivity index (χ1) is 9.19. The smallest absolute Gasteiger partial charge is 0.148 e. The monoisotopic (exact) mass is 267 g/mol. The second-order valence-electron chi connectivity index (χ2n) is 4.47. The summed E-state index contributed by atoms with van der Waals surface area (Å²) in [5.74, 6) is 7.15. The number of aromatic nitrogens is 2. The van der Waals surface area contributed by atoms with E-state index >= 15 is 0 Å². The van der Waals surface area contributed by atoms with Gasteiger partial charge in [-0.25, -0.2) is 15.8 Å². The average molecular weight is 267 g/mol. The van der Waals surface area contributed by atoms with Crippen LogP contribution in [0.1, 0.15) is 32.8 Å². The maximum atomic E-state index is 5.52. The van der Waals surface area contributed by atoms with E-state index in [2.05, 4.69) is 41.1 Å². The maximum Gasteiger partial charge on any atom is 0.148 e. The van der Waals surface area contributed by atoms with Crippen molar-refractivity contribution in [2.75, 3.05) is 30.6 Å². The number of nitrogens with zero attached hydrogens (tertiary/aromatic N) is 3. The van der Waals surface area contributed by atoms with Gasteiger partial charge in [-0.05, 0) is 19.8 Å². The van der Waals surface area contributed by atoms with Gasteiger partial charge in [0.2, 0.25) is 0 Å². The number of hydrazine groups is 1. The Morgan fingerprint density at radius 3 is 2.68 bits per heavy atom. The van der Waals surface area contributed by atoms with E-state index in [1.165, 1.54) is 0 Å². The zero-order valence-corrected chi connectivity index (χ0v) is 12.3. The third kappa shape index (κ3) is 3.78. The summed E-state index contributed by atoms with van der Waals surface area (Å²) < 4.78 is 5.19. The van der Waals surface area contributed by atoms with Crippen molar-refractivity contribution in [1.82, 2.24) is 9.97 Å². The van der Waals surface area contributed by atoms with Crippen LogP contribution in [0.25, 0.3) is 0 Å². The van der Waals surface area contributed by atoms with Crippen molar-refractivity contribution in [3.8, 4) is 0 Å². The number of methoxy groups -OCH3 is 1. The zero-order chi connectivity index (χ0) is 14.3. The average Bonchev–Trinajstić information content (AvgIpc) is 2.46. The predicted octanol–water partition coefficient (Wildman–Crippen LogP) is 1.58. The molecule has 3 N–H and O–H groups in total. The van der Waals surface area contributed by atoms with Gasteiger partial charge in [0.25, 0.3) is 0 Å². The Hall–Kier alpha value is -1.40. The van der Waals surface area contributed by atoms with E-state index in [0.29, 0.717) is 18.5 Å². The van der Waals surface area contributed by atoms with E-state index in [1.54, 1.807) is 13.4 Å². The molecule has 0 aliphatic rings. The van der Waals surface area contributed by atoms with Crippen LogP contribution < -0.4 is 16.2 Å². The van der Waals surface area contributed by atoms with Gasteiger partial charge < -0.3 is 15.1 Å². The van der Waals surface area contributed by atoms with Gasteiger partial charge in [0.15, 0.2) is 0 Å². The number of nitrogen functional groups attached to an aromatic ring is 1. The molecule has 1 heterocycles. The number of hydrogen-bond donors (Lipinski definition) is 2. The molecule has 1 aromatic rings. The van der Waals surface area contributed by atoms with E-state index in [1.807, 2.05) is 0 Å². The Bertz CT molecular complexity index is 385. The highest BCUT2D eigenvalue weighted by Gasteiger charge is 2.19. The van der Waals surface area contributed by atoms with Crippen molar-refractivity contribution >= 4 is 11.6 Å². The van der Waals surface area contributed by atoms with Crippen molar-refractivity contribution < 1.29 is 4.74 Å². The Morgan fingerprint density at radius 2 is 2.16 bits per heavy atom. The largest absolute Gasteiger partial charge is 0.383 e. The molecular formula is C13H25N5O. The van der Waals surface area contributed by atoms with Crippen molar-refractivity contribution in [1.29, 1.82) is 0 Å². The van der Waals surface area contributed by atoms with Crippen molar-refractivity contribution in [3.63, 3.8) is 0 Å². The summed E-state index contributed by atoms with van der Waals surface area (Å²) >= 11 is 0. The van der Waals surface area contributed by atoms with E-state index in [0.717, 1.165) is 30.8 Å². The third-order valence-corrected chi connectivity index (χ3v) is 3.34.